The number of benzene rings is 2. The molecule has 0 radical (unpaired) electrons. The van der Waals surface area contributed by atoms with Gasteiger partial charge < -0.3 is 4.74 Å². The number of carbonyl (C=O) groups excluding carboxylic acids is 1. The van der Waals surface area contributed by atoms with E-state index in [2.05, 4.69) is 0 Å². The molecule has 0 saturated carbocycles. The maximum atomic E-state index is 13.0. The molecular formula is C18H21NO4S. The van der Waals surface area contributed by atoms with E-state index in [0.717, 1.165) is 5.56 Å². The third kappa shape index (κ3) is 4.35. The van der Waals surface area contributed by atoms with Crippen molar-refractivity contribution in [3.63, 3.8) is 0 Å². The maximum Gasteiger partial charge on any atom is 0.307 e. The number of sulfonamides is 1. The van der Waals surface area contributed by atoms with Crippen molar-refractivity contribution in [2.75, 3.05) is 17.5 Å². The lowest BCUT2D eigenvalue weighted by Crippen LogP contribution is -2.33. The lowest BCUT2D eigenvalue weighted by molar-refractivity contribution is -0.142. The van der Waals surface area contributed by atoms with Gasteiger partial charge in [0.25, 0.3) is 10.0 Å². The van der Waals surface area contributed by atoms with Crippen LogP contribution in [0.4, 0.5) is 5.69 Å². The van der Waals surface area contributed by atoms with Gasteiger partial charge in [-0.2, -0.15) is 0 Å². The van der Waals surface area contributed by atoms with Gasteiger partial charge in [-0.25, -0.2) is 8.42 Å². The number of anilines is 1. The van der Waals surface area contributed by atoms with Crippen LogP contribution < -0.4 is 4.31 Å². The van der Waals surface area contributed by atoms with Crippen LogP contribution >= 0.6 is 0 Å². The minimum absolute atomic E-state index is 0.00613. The fourth-order valence-electron chi connectivity index (χ4n) is 2.25. The van der Waals surface area contributed by atoms with Crippen molar-refractivity contribution in [2.24, 2.45) is 0 Å². The van der Waals surface area contributed by atoms with Crippen LogP contribution in [0.25, 0.3) is 0 Å². The topological polar surface area (TPSA) is 63.7 Å². The number of ether oxygens (including phenoxy) is 1. The molecule has 0 N–H and O–H groups in total. The van der Waals surface area contributed by atoms with E-state index in [0.29, 0.717) is 5.69 Å². The van der Waals surface area contributed by atoms with Gasteiger partial charge in [-0.15, -0.1) is 0 Å². The summed E-state index contributed by atoms with van der Waals surface area (Å²) in [6.45, 7) is 3.91. The summed E-state index contributed by atoms with van der Waals surface area (Å²) in [4.78, 5) is 11.8. The van der Waals surface area contributed by atoms with Crippen LogP contribution in [0.5, 0.6) is 0 Å². The lowest BCUT2D eigenvalue weighted by atomic mass is 10.2. The molecule has 0 aliphatic carbocycles. The molecule has 128 valence electrons. The van der Waals surface area contributed by atoms with Gasteiger partial charge in [-0.05, 0) is 38.1 Å². The number of hydrogen-bond acceptors (Lipinski definition) is 4. The Hall–Kier alpha value is -2.34. The summed E-state index contributed by atoms with van der Waals surface area (Å²) >= 11 is 0. The predicted molar refractivity (Wildman–Crippen MR) is 93.4 cm³/mol. The minimum Gasteiger partial charge on any atom is -0.466 e. The van der Waals surface area contributed by atoms with E-state index < -0.39 is 16.0 Å². The third-order valence-corrected chi connectivity index (χ3v) is 5.32. The molecule has 2 rings (SSSR count). The van der Waals surface area contributed by atoms with Gasteiger partial charge in [-0.3, -0.25) is 9.10 Å². The highest BCUT2D eigenvalue weighted by molar-refractivity contribution is 7.92. The molecule has 0 fully saturated rings. The Balaban J connectivity index is 2.34. The van der Waals surface area contributed by atoms with Crippen molar-refractivity contribution in [1.82, 2.24) is 0 Å². The van der Waals surface area contributed by atoms with E-state index in [9.17, 15) is 13.2 Å². The SMILES string of the molecule is CCOC(=O)CCN(c1ccccc1)S(=O)(=O)c1ccc(C)cc1. The molecule has 0 aromatic heterocycles. The molecule has 0 saturated heterocycles. The van der Waals surface area contributed by atoms with Gasteiger partial charge in [-0.1, -0.05) is 35.9 Å². The predicted octanol–water partition coefficient (Wildman–Crippen LogP) is 3.14. The molecule has 0 amide bonds. The van der Waals surface area contributed by atoms with Crippen molar-refractivity contribution in [1.29, 1.82) is 0 Å². The summed E-state index contributed by atoms with van der Waals surface area (Å²) in [5.41, 5.74) is 1.49. The second-order valence-electron chi connectivity index (χ2n) is 5.28. The number of nitrogens with zero attached hydrogens (tertiary/aromatic N) is 1. The smallest absolute Gasteiger partial charge is 0.307 e. The minimum atomic E-state index is -3.76. The van der Waals surface area contributed by atoms with Crippen molar-refractivity contribution in [3.8, 4) is 0 Å². The van der Waals surface area contributed by atoms with Crippen molar-refractivity contribution < 1.29 is 17.9 Å². The van der Waals surface area contributed by atoms with Gasteiger partial charge >= 0.3 is 5.97 Å². The Labute approximate surface area is 142 Å². The fourth-order valence-corrected chi connectivity index (χ4v) is 3.71. The summed E-state index contributed by atoms with van der Waals surface area (Å²) in [5, 5.41) is 0. The van der Waals surface area contributed by atoms with Crippen LogP contribution in [0.3, 0.4) is 0 Å². The molecule has 5 nitrogen and oxygen atoms in total. The van der Waals surface area contributed by atoms with Crippen LogP contribution in [0.15, 0.2) is 59.5 Å². The van der Waals surface area contributed by atoms with Crippen LogP contribution in [0.1, 0.15) is 18.9 Å². The first-order chi connectivity index (χ1) is 11.4. The number of aryl methyl sites for hydroxylation is 1. The molecule has 0 heterocycles. The number of carbonyl (C=O) groups is 1. The van der Waals surface area contributed by atoms with E-state index >= 15 is 0 Å². The molecular weight excluding hydrogens is 326 g/mol. The molecule has 0 bridgehead atoms. The van der Waals surface area contributed by atoms with Gasteiger partial charge in [0.05, 0.1) is 23.6 Å². The standard InChI is InChI=1S/C18H21NO4S/c1-3-23-18(20)13-14-19(16-7-5-4-6-8-16)24(21,22)17-11-9-15(2)10-12-17/h4-12H,3,13-14H2,1-2H3. The Bertz CT molecular complexity index is 770. The highest BCUT2D eigenvalue weighted by Gasteiger charge is 2.25. The molecule has 2 aromatic carbocycles. The number of para-hydroxylation sites is 1. The summed E-state index contributed by atoms with van der Waals surface area (Å²) in [6, 6.07) is 15.4. The zero-order chi connectivity index (χ0) is 17.6. The number of hydrogen-bond donors (Lipinski definition) is 0. The lowest BCUT2D eigenvalue weighted by Gasteiger charge is -2.24. The Kier molecular flexibility index (Phi) is 5.98. The molecule has 0 spiro atoms. The average Bonchev–Trinajstić information content (AvgIpc) is 2.56. The first-order valence-corrected chi connectivity index (χ1v) is 9.19. The van der Waals surface area contributed by atoms with Gasteiger partial charge in [0, 0.05) is 6.54 Å². The van der Waals surface area contributed by atoms with Gasteiger partial charge in [0.1, 0.15) is 0 Å². The van der Waals surface area contributed by atoms with Crippen molar-refractivity contribution in [2.45, 2.75) is 25.2 Å². The largest absolute Gasteiger partial charge is 0.466 e. The molecule has 0 aliphatic heterocycles. The number of rotatable bonds is 7. The van der Waals surface area contributed by atoms with Crippen LogP contribution in [-0.2, 0) is 19.6 Å². The molecule has 0 atom stereocenters. The zero-order valence-corrected chi connectivity index (χ0v) is 14.6. The van der Waals surface area contributed by atoms with Crippen molar-refractivity contribution in [3.05, 3.63) is 60.2 Å². The van der Waals surface area contributed by atoms with E-state index in [1.807, 2.05) is 13.0 Å². The van der Waals surface area contributed by atoms with E-state index in [1.165, 1.54) is 4.31 Å². The highest BCUT2D eigenvalue weighted by Crippen LogP contribution is 2.24. The van der Waals surface area contributed by atoms with Gasteiger partial charge in [0.15, 0.2) is 0 Å². The summed E-state index contributed by atoms with van der Waals surface area (Å²) in [5.74, 6) is -0.419. The van der Waals surface area contributed by atoms with Crippen LogP contribution in [0, 0.1) is 6.92 Å². The second-order valence-corrected chi connectivity index (χ2v) is 7.14. The normalized spacial score (nSPS) is 11.1. The summed E-state index contributed by atoms with van der Waals surface area (Å²) in [7, 11) is -3.76. The summed E-state index contributed by atoms with van der Waals surface area (Å²) < 4.78 is 32.1. The Morgan fingerprint density at radius 1 is 1.04 bits per heavy atom. The Morgan fingerprint density at radius 2 is 1.67 bits per heavy atom. The van der Waals surface area contributed by atoms with E-state index in [1.54, 1.807) is 55.5 Å². The first-order valence-electron chi connectivity index (χ1n) is 7.75. The molecule has 24 heavy (non-hydrogen) atoms. The fraction of sp³-hybridized carbons (Fsp3) is 0.278. The van der Waals surface area contributed by atoms with Crippen LogP contribution in [0.2, 0.25) is 0 Å². The number of esters is 1. The Morgan fingerprint density at radius 3 is 2.25 bits per heavy atom. The maximum absolute atomic E-state index is 13.0. The highest BCUT2D eigenvalue weighted by atomic mass is 32.2. The molecule has 0 aliphatic rings. The van der Waals surface area contributed by atoms with Crippen LogP contribution in [-0.4, -0.2) is 27.5 Å². The quantitative estimate of drug-likeness (QED) is 0.722. The zero-order valence-electron chi connectivity index (χ0n) is 13.8. The molecule has 0 unspecified atom stereocenters. The third-order valence-electron chi connectivity index (χ3n) is 3.48. The molecule has 6 heteroatoms. The average molecular weight is 347 g/mol. The van der Waals surface area contributed by atoms with Crippen molar-refractivity contribution >= 4 is 21.7 Å². The monoisotopic (exact) mass is 347 g/mol. The first kappa shape index (κ1) is 18.0. The molecule has 2 aromatic rings. The van der Waals surface area contributed by atoms with Gasteiger partial charge in [0.2, 0.25) is 0 Å². The summed E-state index contributed by atoms with van der Waals surface area (Å²) in [6.07, 6.45) is -0.00613. The second kappa shape index (κ2) is 7.97. The van der Waals surface area contributed by atoms with E-state index in [4.69, 9.17) is 4.74 Å². The van der Waals surface area contributed by atoms with E-state index in [-0.39, 0.29) is 24.5 Å².